The molecule has 0 saturated heterocycles. The molecule has 0 spiro atoms. The van der Waals surface area contributed by atoms with Crippen LogP contribution in [0.1, 0.15) is 16.7 Å². The molecule has 0 aliphatic carbocycles. The topological polar surface area (TPSA) is 143 Å². The molecule has 0 fully saturated rings. The number of phenolic OH excluding ortho intramolecular Hbond substituents is 1. The number of rotatable bonds is 11. The number of amides is 2. The molecule has 0 radical (unpaired) electrons. The van der Waals surface area contributed by atoms with Crippen LogP contribution in [0, 0.1) is 0 Å². The van der Waals surface area contributed by atoms with E-state index in [4.69, 9.17) is 0 Å². The lowest BCUT2D eigenvalue weighted by molar-refractivity contribution is -0.403. The van der Waals surface area contributed by atoms with Gasteiger partial charge in [0.1, 0.15) is 17.8 Å². The first-order chi connectivity index (χ1) is 16.8. The summed E-state index contributed by atoms with van der Waals surface area (Å²) in [6.07, 6.45) is 0.618. The van der Waals surface area contributed by atoms with Crippen LogP contribution in [0.2, 0.25) is 0 Å². The summed E-state index contributed by atoms with van der Waals surface area (Å²) in [4.78, 5) is 37.9. The first kappa shape index (κ1) is 25.5. The van der Waals surface area contributed by atoms with Gasteiger partial charge in [-0.2, -0.15) is 0 Å². The largest absolute Gasteiger partial charge is 0.508 e. The molecule has 182 valence electrons. The number of carbonyl (C=O) groups is 3. The minimum Gasteiger partial charge on any atom is -0.508 e. The average Bonchev–Trinajstić information content (AvgIpc) is 2.85. The van der Waals surface area contributed by atoms with Gasteiger partial charge in [-0.1, -0.05) is 72.8 Å². The van der Waals surface area contributed by atoms with E-state index in [1.165, 1.54) is 12.1 Å². The third kappa shape index (κ3) is 7.97. The Hall–Kier alpha value is -4.17. The monoisotopic (exact) mass is 476 g/mol. The molecule has 7 N–H and O–H groups in total. The fraction of sp³-hybridized carbons (Fsp3) is 0.222. The van der Waals surface area contributed by atoms with E-state index in [9.17, 15) is 24.6 Å². The second kappa shape index (κ2) is 12.3. The fourth-order valence-electron chi connectivity index (χ4n) is 3.68. The Labute approximate surface area is 203 Å². The molecule has 8 nitrogen and oxygen atoms in total. The van der Waals surface area contributed by atoms with Crippen molar-refractivity contribution in [2.75, 3.05) is 0 Å². The maximum absolute atomic E-state index is 13.2. The Bertz CT molecular complexity index is 1120. The molecule has 0 bridgehead atoms. The molecule has 8 heteroatoms. The highest BCUT2D eigenvalue weighted by atomic mass is 16.4. The van der Waals surface area contributed by atoms with E-state index < -0.39 is 35.9 Å². The number of carbonyl (C=O) groups excluding carboxylic acids is 2. The molecule has 0 aliphatic rings. The Morgan fingerprint density at radius 3 is 1.66 bits per heavy atom. The molecule has 0 heterocycles. The molecular weight excluding hydrogens is 446 g/mol. The van der Waals surface area contributed by atoms with Gasteiger partial charge in [0.25, 0.3) is 5.91 Å². The van der Waals surface area contributed by atoms with Crippen molar-refractivity contribution in [2.45, 2.75) is 37.4 Å². The normalized spacial score (nSPS) is 13.3. The summed E-state index contributed by atoms with van der Waals surface area (Å²) in [6, 6.07) is 21.8. The summed E-state index contributed by atoms with van der Waals surface area (Å²) in [5, 5.41) is 24.5. The standard InChI is InChI=1S/C27H29N3O5/c28-22(15-18-7-3-1-4-8-18)25(32)29-23(16-20-11-13-21(31)14-12-20)26(33)30-24(27(34)35)17-19-9-5-2-6-10-19/h1-14,22-24,31H,15-17,28H2,(H,29,32)(H,30,33)(H,34,35)/p+1/t22-,23-,24-/m1/s1. The van der Waals surface area contributed by atoms with Crippen molar-refractivity contribution < 1.29 is 30.3 Å². The lowest BCUT2D eigenvalue weighted by Crippen LogP contribution is -2.70. The number of hydrogen-bond acceptors (Lipinski definition) is 4. The van der Waals surface area contributed by atoms with Gasteiger partial charge < -0.3 is 26.6 Å². The van der Waals surface area contributed by atoms with Crippen LogP contribution in [0.4, 0.5) is 0 Å². The van der Waals surface area contributed by atoms with E-state index >= 15 is 0 Å². The van der Waals surface area contributed by atoms with Gasteiger partial charge >= 0.3 is 5.97 Å². The zero-order valence-corrected chi connectivity index (χ0v) is 19.3. The SMILES string of the molecule is [NH3+][C@H](Cc1ccccc1)C(=O)N[C@H](Cc1ccc(O)cc1)C(=O)N[C@H](Cc1ccccc1)C(=O)O. The van der Waals surface area contributed by atoms with Crippen LogP contribution in [0.15, 0.2) is 84.9 Å². The lowest BCUT2D eigenvalue weighted by atomic mass is 10.0. The summed E-state index contributed by atoms with van der Waals surface area (Å²) in [7, 11) is 0. The van der Waals surface area contributed by atoms with Crippen molar-refractivity contribution in [3.63, 3.8) is 0 Å². The van der Waals surface area contributed by atoms with E-state index in [2.05, 4.69) is 16.4 Å². The smallest absolute Gasteiger partial charge is 0.326 e. The molecule has 35 heavy (non-hydrogen) atoms. The van der Waals surface area contributed by atoms with Crippen molar-refractivity contribution in [3.8, 4) is 5.75 Å². The lowest BCUT2D eigenvalue weighted by Gasteiger charge is -2.22. The zero-order valence-electron chi connectivity index (χ0n) is 19.3. The van der Waals surface area contributed by atoms with Crippen LogP contribution in [0.25, 0.3) is 0 Å². The Morgan fingerprint density at radius 1 is 0.657 bits per heavy atom. The van der Waals surface area contributed by atoms with Gasteiger partial charge in [0.05, 0.1) is 0 Å². The van der Waals surface area contributed by atoms with Crippen LogP contribution in [0.3, 0.4) is 0 Å². The van der Waals surface area contributed by atoms with Crippen molar-refractivity contribution in [2.24, 2.45) is 0 Å². The molecule has 0 unspecified atom stereocenters. The maximum Gasteiger partial charge on any atom is 0.326 e. The number of aliphatic carboxylic acids is 1. The van der Waals surface area contributed by atoms with Crippen LogP contribution >= 0.6 is 0 Å². The van der Waals surface area contributed by atoms with Crippen LogP contribution in [-0.2, 0) is 33.6 Å². The van der Waals surface area contributed by atoms with E-state index in [1.807, 2.05) is 36.4 Å². The van der Waals surface area contributed by atoms with Gasteiger partial charge in [-0.05, 0) is 28.8 Å². The molecule has 0 aliphatic heterocycles. The minimum atomic E-state index is -1.17. The number of benzene rings is 3. The summed E-state index contributed by atoms with van der Waals surface area (Å²) in [6.45, 7) is 0. The van der Waals surface area contributed by atoms with Gasteiger partial charge in [0.15, 0.2) is 6.04 Å². The Morgan fingerprint density at radius 2 is 1.11 bits per heavy atom. The van der Waals surface area contributed by atoms with Crippen LogP contribution < -0.4 is 16.4 Å². The highest BCUT2D eigenvalue weighted by Gasteiger charge is 2.29. The van der Waals surface area contributed by atoms with E-state index in [-0.39, 0.29) is 18.6 Å². The Balaban J connectivity index is 1.74. The average molecular weight is 477 g/mol. The summed E-state index contributed by atoms with van der Waals surface area (Å²) < 4.78 is 0. The number of carboxylic acid groups (broad SMARTS) is 1. The third-order valence-corrected chi connectivity index (χ3v) is 5.60. The number of carboxylic acids is 1. The number of quaternary nitrogens is 1. The quantitative estimate of drug-likeness (QED) is 0.281. The second-order valence-electron chi connectivity index (χ2n) is 8.41. The number of aromatic hydroxyl groups is 1. The summed E-state index contributed by atoms with van der Waals surface area (Å²) in [5.74, 6) is -2.12. The summed E-state index contributed by atoms with van der Waals surface area (Å²) >= 11 is 0. The summed E-state index contributed by atoms with van der Waals surface area (Å²) in [5.41, 5.74) is 6.34. The predicted molar refractivity (Wildman–Crippen MR) is 130 cm³/mol. The number of hydrogen-bond donors (Lipinski definition) is 5. The fourth-order valence-corrected chi connectivity index (χ4v) is 3.68. The molecule has 3 rings (SSSR count). The van der Waals surface area contributed by atoms with E-state index in [0.29, 0.717) is 12.0 Å². The van der Waals surface area contributed by atoms with E-state index in [1.54, 1.807) is 36.4 Å². The predicted octanol–water partition coefficient (Wildman–Crippen LogP) is 1.08. The van der Waals surface area contributed by atoms with Gasteiger partial charge in [0, 0.05) is 19.3 Å². The Kier molecular flexibility index (Phi) is 8.97. The first-order valence-corrected chi connectivity index (χ1v) is 11.3. The highest BCUT2D eigenvalue weighted by molar-refractivity contribution is 5.91. The van der Waals surface area contributed by atoms with Gasteiger partial charge in [-0.25, -0.2) is 4.79 Å². The molecule has 0 saturated carbocycles. The van der Waals surface area contributed by atoms with Crippen molar-refractivity contribution in [1.29, 1.82) is 0 Å². The second-order valence-corrected chi connectivity index (χ2v) is 8.41. The van der Waals surface area contributed by atoms with E-state index in [0.717, 1.165) is 11.1 Å². The maximum atomic E-state index is 13.2. The molecule has 2 amide bonds. The minimum absolute atomic E-state index is 0.0771. The van der Waals surface area contributed by atoms with Gasteiger partial charge in [-0.3, -0.25) is 9.59 Å². The zero-order chi connectivity index (χ0) is 25.2. The van der Waals surface area contributed by atoms with Crippen LogP contribution in [0.5, 0.6) is 5.75 Å². The van der Waals surface area contributed by atoms with Crippen molar-refractivity contribution in [3.05, 3.63) is 102 Å². The third-order valence-electron chi connectivity index (χ3n) is 5.60. The molecule has 0 aromatic heterocycles. The van der Waals surface area contributed by atoms with Crippen molar-refractivity contribution in [1.82, 2.24) is 10.6 Å². The highest BCUT2D eigenvalue weighted by Crippen LogP contribution is 2.12. The van der Waals surface area contributed by atoms with Gasteiger partial charge in [-0.15, -0.1) is 0 Å². The molecular formula is C27H30N3O5+. The van der Waals surface area contributed by atoms with Crippen LogP contribution in [-0.4, -0.2) is 46.1 Å². The van der Waals surface area contributed by atoms with Crippen molar-refractivity contribution >= 4 is 17.8 Å². The first-order valence-electron chi connectivity index (χ1n) is 11.3. The number of phenols is 1. The molecule has 3 aromatic rings. The van der Waals surface area contributed by atoms with Gasteiger partial charge in [0.2, 0.25) is 5.91 Å². The molecule has 3 atom stereocenters. The molecule has 3 aromatic carbocycles. The number of nitrogens with one attached hydrogen (secondary N) is 2.